The standard InChI is InChI=1S/C23H23N3O3/c1-14-8-4-6-10-18(14)25-20-12-16(22(24)27)17(23(28)29-3)13-21(20)26-19-11-7-5-9-15(19)2/h4-13,25-26H,1-3H3,(H2,24,27). The first-order valence-corrected chi connectivity index (χ1v) is 9.12. The Balaban J connectivity index is 2.16. The van der Waals surface area contributed by atoms with E-state index in [1.54, 1.807) is 12.1 Å². The molecule has 0 aromatic heterocycles. The van der Waals surface area contributed by atoms with E-state index >= 15 is 0 Å². The lowest BCUT2D eigenvalue weighted by Gasteiger charge is -2.19. The van der Waals surface area contributed by atoms with Gasteiger partial charge in [0, 0.05) is 11.4 Å². The number of methoxy groups -OCH3 is 1. The second kappa shape index (κ2) is 8.48. The van der Waals surface area contributed by atoms with Crippen LogP contribution in [0.1, 0.15) is 31.8 Å². The molecule has 4 N–H and O–H groups in total. The van der Waals surface area contributed by atoms with Crippen molar-refractivity contribution in [3.63, 3.8) is 0 Å². The number of hydrogen-bond acceptors (Lipinski definition) is 5. The molecule has 0 aliphatic carbocycles. The van der Waals surface area contributed by atoms with Gasteiger partial charge in [0.15, 0.2) is 0 Å². The summed E-state index contributed by atoms with van der Waals surface area (Å²) in [7, 11) is 1.26. The summed E-state index contributed by atoms with van der Waals surface area (Å²) in [5.41, 5.74) is 10.8. The van der Waals surface area contributed by atoms with E-state index in [2.05, 4.69) is 10.6 Å². The van der Waals surface area contributed by atoms with E-state index in [0.717, 1.165) is 22.5 Å². The third kappa shape index (κ3) is 4.38. The van der Waals surface area contributed by atoms with Crippen LogP contribution in [0.25, 0.3) is 0 Å². The predicted molar refractivity (Wildman–Crippen MR) is 115 cm³/mol. The molecule has 0 fully saturated rings. The van der Waals surface area contributed by atoms with Crippen molar-refractivity contribution in [2.24, 2.45) is 5.73 Å². The minimum atomic E-state index is -0.708. The Morgan fingerprint density at radius 2 is 1.21 bits per heavy atom. The fourth-order valence-corrected chi connectivity index (χ4v) is 3.01. The molecule has 6 heteroatoms. The lowest BCUT2D eigenvalue weighted by Crippen LogP contribution is -2.18. The van der Waals surface area contributed by atoms with Gasteiger partial charge in [0.2, 0.25) is 5.91 Å². The number of aryl methyl sites for hydroxylation is 2. The van der Waals surface area contributed by atoms with Gasteiger partial charge in [-0.1, -0.05) is 36.4 Å². The molecule has 148 valence electrons. The number of benzene rings is 3. The Hall–Kier alpha value is -3.80. The topological polar surface area (TPSA) is 93.4 Å². The van der Waals surface area contributed by atoms with Crippen LogP contribution in [0.2, 0.25) is 0 Å². The fourth-order valence-electron chi connectivity index (χ4n) is 3.01. The smallest absolute Gasteiger partial charge is 0.338 e. The summed E-state index contributed by atoms with van der Waals surface area (Å²) in [5, 5.41) is 6.68. The highest BCUT2D eigenvalue weighted by Crippen LogP contribution is 2.33. The van der Waals surface area contributed by atoms with Gasteiger partial charge < -0.3 is 21.1 Å². The van der Waals surface area contributed by atoms with Crippen molar-refractivity contribution >= 4 is 34.6 Å². The number of esters is 1. The van der Waals surface area contributed by atoms with Crippen molar-refractivity contribution in [3.8, 4) is 0 Å². The van der Waals surface area contributed by atoms with Crippen molar-refractivity contribution in [1.82, 2.24) is 0 Å². The molecular formula is C23H23N3O3. The number of carbonyl (C=O) groups is 2. The van der Waals surface area contributed by atoms with Crippen LogP contribution in [0.3, 0.4) is 0 Å². The number of ether oxygens (including phenoxy) is 1. The number of para-hydroxylation sites is 2. The zero-order chi connectivity index (χ0) is 21.0. The number of rotatable bonds is 6. The zero-order valence-electron chi connectivity index (χ0n) is 16.6. The molecule has 3 aromatic carbocycles. The molecule has 0 heterocycles. The van der Waals surface area contributed by atoms with E-state index in [1.807, 2.05) is 62.4 Å². The van der Waals surface area contributed by atoms with E-state index in [9.17, 15) is 9.59 Å². The first-order chi connectivity index (χ1) is 13.9. The summed E-state index contributed by atoms with van der Waals surface area (Å²) >= 11 is 0. The number of hydrogen-bond donors (Lipinski definition) is 3. The van der Waals surface area contributed by atoms with Crippen LogP contribution in [0.15, 0.2) is 60.7 Å². The Bertz CT molecular complexity index is 1080. The van der Waals surface area contributed by atoms with Crippen molar-refractivity contribution in [2.75, 3.05) is 17.7 Å². The molecule has 0 spiro atoms. The Morgan fingerprint density at radius 3 is 1.62 bits per heavy atom. The summed E-state index contributed by atoms with van der Waals surface area (Å²) < 4.78 is 4.84. The Morgan fingerprint density at radius 1 is 0.759 bits per heavy atom. The molecule has 29 heavy (non-hydrogen) atoms. The molecule has 0 aliphatic heterocycles. The highest BCUT2D eigenvalue weighted by Gasteiger charge is 2.20. The number of carbonyl (C=O) groups excluding carboxylic acids is 2. The van der Waals surface area contributed by atoms with Gasteiger partial charge in [0.25, 0.3) is 0 Å². The molecule has 0 saturated carbocycles. The van der Waals surface area contributed by atoms with Gasteiger partial charge >= 0.3 is 5.97 Å². The van der Waals surface area contributed by atoms with E-state index in [1.165, 1.54) is 7.11 Å². The second-order valence-electron chi connectivity index (χ2n) is 6.68. The van der Waals surface area contributed by atoms with E-state index < -0.39 is 11.9 Å². The van der Waals surface area contributed by atoms with Crippen molar-refractivity contribution in [3.05, 3.63) is 82.9 Å². The lowest BCUT2D eigenvalue weighted by molar-refractivity contribution is 0.0597. The van der Waals surface area contributed by atoms with Gasteiger partial charge in [-0.3, -0.25) is 4.79 Å². The highest BCUT2D eigenvalue weighted by atomic mass is 16.5. The number of primary amides is 1. The van der Waals surface area contributed by atoms with Crippen molar-refractivity contribution < 1.29 is 14.3 Å². The lowest BCUT2D eigenvalue weighted by atomic mass is 10.0. The van der Waals surface area contributed by atoms with Gasteiger partial charge in [0.1, 0.15) is 0 Å². The quantitative estimate of drug-likeness (QED) is 0.533. The van der Waals surface area contributed by atoms with E-state index in [4.69, 9.17) is 10.5 Å². The number of nitrogens with one attached hydrogen (secondary N) is 2. The second-order valence-corrected chi connectivity index (χ2v) is 6.68. The molecule has 3 aromatic rings. The average molecular weight is 389 g/mol. The van der Waals surface area contributed by atoms with Crippen LogP contribution in [0.5, 0.6) is 0 Å². The Kier molecular flexibility index (Phi) is 5.83. The first-order valence-electron chi connectivity index (χ1n) is 9.12. The Labute approximate surface area is 169 Å². The van der Waals surface area contributed by atoms with Gasteiger partial charge in [0.05, 0.1) is 29.6 Å². The molecule has 3 rings (SSSR count). The van der Waals surface area contributed by atoms with Gasteiger partial charge in [-0.25, -0.2) is 4.79 Å². The maximum atomic E-state index is 12.3. The molecule has 1 amide bonds. The van der Waals surface area contributed by atoms with Gasteiger partial charge in [-0.15, -0.1) is 0 Å². The highest BCUT2D eigenvalue weighted by molar-refractivity contribution is 6.07. The van der Waals surface area contributed by atoms with Gasteiger partial charge in [-0.05, 0) is 49.2 Å². The minimum Gasteiger partial charge on any atom is -0.465 e. The van der Waals surface area contributed by atoms with Crippen LogP contribution in [0, 0.1) is 13.8 Å². The third-order valence-corrected chi connectivity index (χ3v) is 4.66. The molecule has 0 unspecified atom stereocenters. The summed E-state index contributed by atoms with van der Waals surface area (Å²) in [4.78, 5) is 24.3. The molecule has 6 nitrogen and oxygen atoms in total. The minimum absolute atomic E-state index is 0.0864. The number of nitrogens with two attached hydrogens (primary N) is 1. The maximum absolute atomic E-state index is 12.3. The molecular weight excluding hydrogens is 366 g/mol. The number of amides is 1. The fraction of sp³-hybridized carbons (Fsp3) is 0.130. The largest absolute Gasteiger partial charge is 0.465 e. The summed E-state index contributed by atoms with van der Waals surface area (Å²) in [6.07, 6.45) is 0. The third-order valence-electron chi connectivity index (χ3n) is 4.66. The van der Waals surface area contributed by atoms with Crippen molar-refractivity contribution in [2.45, 2.75) is 13.8 Å². The summed E-state index contributed by atoms with van der Waals surface area (Å²) in [5.74, 6) is -1.34. The van der Waals surface area contributed by atoms with Crippen LogP contribution in [-0.2, 0) is 4.74 Å². The van der Waals surface area contributed by atoms with Crippen LogP contribution in [-0.4, -0.2) is 19.0 Å². The van der Waals surface area contributed by atoms with Gasteiger partial charge in [-0.2, -0.15) is 0 Å². The van der Waals surface area contributed by atoms with E-state index in [0.29, 0.717) is 11.4 Å². The number of anilines is 4. The molecule has 0 radical (unpaired) electrons. The monoisotopic (exact) mass is 389 g/mol. The normalized spacial score (nSPS) is 10.3. The maximum Gasteiger partial charge on any atom is 0.338 e. The molecule has 0 saturated heterocycles. The average Bonchev–Trinajstić information content (AvgIpc) is 2.71. The molecule has 0 bridgehead atoms. The summed E-state index contributed by atoms with van der Waals surface area (Å²) in [6.45, 7) is 3.96. The first kappa shape index (κ1) is 19.9. The SMILES string of the molecule is COC(=O)c1cc(Nc2ccccc2C)c(Nc2ccccc2C)cc1C(N)=O. The molecule has 0 aliphatic rings. The molecule has 0 atom stereocenters. The van der Waals surface area contributed by atoms with Crippen LogP contribution >= 0.6 is 0 Å². The van der Waals surface area contributed by atoms with E-state index in [-0.39, 0.29) is 11.1 Å². The van der Waals surface area contributed by atoms with Crippen LogP contribution in [0.4, 0.5) is 22.7 Å². The predicted octanol–water partition coefficient (Wildman–Crippen LogP) is 4.68. The van der Waals surface area contributed by atoms with Crippen LogP contribution < -0.4 is 16.4 Å². The summed E-state index contributed by atoms with van der Waals surface area (Å²) in [6, 6.07) is 18.7. The van der Waals surface area contributed by atoms with Crippen molar-refractivity contribution in [1.29, 1.82) is 0 Å². The zero-order valence-corrected chi connectivity index (χ0v) is 16.6.